The molecule has 3 N–H and O–H groups in total. The van der Waals surface area contributed by atoms with Crippen LogP contribution in [0.15, 0.2) is 170 Å². The molecule has 0 saturated carbocycles. The summed E-state index contributed by atoms with van der Waals surface area (Å²) < 4.78 is 92.9. The molecule has 7 aromatic rings. The van der Waals surface area contributed by atoms with Crippen LogP contribution in [0.1, 0.15) is 96.2 Å². The van der Waals surface area contributed by atoms with Crippen molar-refractivity contribution in [2.24, 2.45) is 0 Å². The maximum atomic E-state index is 13.5. The summed E-state index contributed by atoms with van der Waals surface area (Å²) in [6.45, 7) is 8.99. The van der Waals surface area contributed by atoms with E-state index in [9.17, 15) is 26.3 Å². The summed E-state index contributed by atoms with van der Waals surface area (Å²) in [5, 5.41) is 10.9. The van der Waals surface area contributed by atoms with Gasteiger partial charge in [-0.25, -0.2) is 15.0 Å². The molecule has 2 fully saturated rings. The average molecular weight is 1020 g/mol. The second-order valence-corrected chi connectivity index (χ2v) is 19.4. The van der Waals surface area contributed by atoms with Crippen molar-refractivity contribution in [3.8, 4) is 0 Å². The van der Waals surface area contributed by atoms with Crippen LogP contribution in [0.3, 0.4) is 0 Å². The van der Waals surface area contributed by atoms with Crippen molar-refractivity contribution in [2.75, 3.05) is 36.5 Å². The van der Waals surface area contributed by atoms with Crippen molar-refractivity contribution in [1.82, 2.24) is 25.6 Å². The van der Waals surface area contributed by atoms with E-state index in [1.807, 2.05) is 105 Å². The highest BCUT2D eigenvalue weighted by Crippen LogP contribution is 2.39. The van der Waals surface area contributed by atoms with Gasteiger partial charge in [-0.05, 0) is 136 Å². The van der Waals surface area contributed by atoms with Gasteiger partial charge in [0.2, 0.25) is 0 Å². The van der Waals surface area contributed by atoms with E-state index in [0.29, 0.717) is 48.6 Å². The lowest BCUT2D eigenvalue weighted by Gasteiger charge is -2.45. The number of alkyl halides is 6. The molecule has 6 atom stereocenters. The quantitative estimate of drug-likeness (QED) is 0.0868. The van der Waals surface area contributed by atoms with Crippen molar-refractivity contribution in [3.05, 3.63) is 215 Å². The van der Waals surface area contributed by atoms with Crippen molar-refractivity contribution in [3.63, 3.8) is 0 Å². The van der Waals surface area contributed by atoms with Gasteiger partial charge in [0.15, 0.2) is 0 Å². The highest BCUT2D eigenvalue weighted by Gasteiger charge is 2.41. The highest BCUT2D eigenvalue weighted by atomic mass is 19.4. The monoisotopic (exact) mass is 1020 g/mol. The van der Waals surface area contributed by atoms with E-state index in [1.54, 1.807) is 44.6 Å². The number of rotatable bonds is 15. The third-order valence-corrected chi connectivity index (χ3v) is 14.0. The van der Waals surface area contributed by atoms with Crippen LogP contribution in [0.25, 0.3) is 0 Å². The van der Waals surface area contributed by atoms with Crippen molar-refractivity contribution < 1.29 is 35.8 Å². The first kappa shape index (κ1) is 53.6. The third kappa shape index (κ3) is 13.5. The predicted octanol–water partition coefficient (Wildman–Crippen LogP) is 13.6. The van der Waals surface area contributed by atoms with E-state index >= 15 is 0 Å². The molecule has 9 rings (SSSR count). The number of pyridine rings is 3. The van der Waals surface area contributed by atoms with Crippen LogP contribution >= 0.6 is 0 Å². The topological polar surface area (TPSA) is 96.5 Å². The number of piperidine rings is 2. The number of aryl methyl sites for hydroxylation is 2. The lowest BCUT2D eigenvalue weighted by Crippen LogP contribution is -2.56. The van der Waals surface area contributed by atoms with Gasteiger partial charge in [-0.2, -0.15) is 26.3 Å². The molecule has 0 bridgehead atoms. The molecule has 4 aromatic carbocycles. The first-order valence-corrected chi connectivity index (χ1v) is 25.0. The van der Waals surface area contributed by atoms with E-state index in [0.717, 1.165) is 54.3 Å². The normalized spacial score (nSPS) is 20.9. The fourth-order valence-electron chi connectivity index (χ4n) is 9.90. The minimum absolute atomic E-state index is 0.0881. The second kappa shape index (κ2) is 23.7. The van der Waals surface area contributed by atoms with Gasteiger partial charge >= 0.3 is 12.4 Å². The van der Waals surface area contributed by atoms with E-state index in [2.05, 4.69) is 60.1 Å². The summed E-state index contributed by atoms with van der Waals surface area (Å²) in [4.78, 5) is 15.7. The molecule has 15 heteroatoms. The molecule has 9 nitrogen and oxygen atoms in total. The van der Waals surface area contributed by atoms with Gasteiger partial charge in [-0.1, -0.05) is 102 Å². The maximum absolute atomic E-state index is 13.5. The number of nitrogens with zero attached hydrogens (tertiary/aromatic N) is 4. The molecule has 2 aliphatic heterocycles. The van der Waals surface area contributed by atoms with Crippen molar-refractivity contribution >= 4 is 17.5 Å². The lowest BCUT2D eigenvalue weighted by molar-refractivity contribution is -0.138. The van der Waals surface area contributed by atoms with Crippen LogP contribution in [0, 0.1) is 13.8 Å². The predicted molar refractivity (Wildman–Crippen MR) is 278 cm³/mol. The summed E-state index contributed by atoms with van der Waals surface area (Å²) in [5.41, 5.74) is 2.15. The fourth-order valence-corrected chi connectivity index (χ4v) is 9.90. The lowest BCUT2D eigenvalue weighted by atomic mass is 9.81. The molecule has 3 aromatic heterocycles. The molecule has 5 heterocycles. The summed E-state index contributed by atoms with van der Waals surface area (Å²) in [6, 6.07) is 46.2. The largest absolute Gasteiger partial charge is 0.416 e. The molecule has 388 valence electrons. The maximum Gasteiger partial charge on any atom is 0.416 e. The van der Waals surface area contributed by atoms with Gasteiger partial charge in [0.25, 0.3) is 0 Å². The van der Waals surface area contributed by atoms with Crippen LogP contribution < -0.4 is 20.9 Å². The van der Waals surface area contributed by atoms with Gasteiger partial charge in [0.1, 0.15) is 17.5 Å². The first-order chi connectivity index (χ1) is 35.5. The zero-order valence-electron chi connectivity index (χ0n) is 42.0. The molecule has 0 spiro atoms. The van der Waals surface area contributed by atoms with Crippen LogP contribution in [0.4, 0.5) is 43.8 Å². The number of hydrogen-bond acceptors (Lipinski definition) is 9. The Kier molecular flexibility index (Phi) is 17.2. The van der Waals surface area contributed by atoms with Gasteiger partial charge in [-0.3, -0.25) is 0 Å². The number of anilines is 3. The van der Waals surface area contributed by atoms with E-state index in [1.165, 1.54) is 24.3 Å². The molecule has 0 amide bonds. The standard InChI is InChI=1S/C32H33F3N4O.C27H30F3N3O/c1-23-18-25(20-27(19-23)32(33,34)35)24(2)40-22-31(26-10-4-3-5-11-26)15-14-28(21-38-31)39(29-12-6-8-16-36-29)30-13-7-9-17-37-30;1-19-14-21(16-23(15-19)27(28,29)30)20(2)34-18-26(22-8-4-3-5-9-22)12-11-24(17-32-26)33-25-10-6-7-13-31-25/h3-13,16-20,24,28,38H,14-15,21-22H2,1-2H3;3-10,13-16,20,24,32H,11-12,17-18H2,1-2H3,(H,31,33)/t24-,28?,31-;20-,24?,26-/m11/s1. The van der Waals surface area contributed by atoms with E-state index in [4.69, 9.17) is 9.47 Å². The number of aromatic nitrogens is 3. The van der Waals surface area contributed by atoms with Crippen LogP contribution in [0.5, 0.6) is 0 Å². The fraction of sp³-hybridized carbons (Fsp3) is 0.339. The Morgan fingerprint density at radius 2 is 1.01 bits per heavy atom. The highest BCUT2D eigenvalue weighted by molar-refractivity contribution is 5.57. The SMILES string of the molecule is Cc1cc([C@@H](C)OC[C@@]2(c3ccccc3)CCC(N(c3ccccn3)c3ccccn3)CN2)cc(C(F)(F)F)c1.Cc1cc([C@@H](C)OC[C@@]2(c3ccccc3)CCC(Nc3ccccn3)CN2)cc(C(F)(F)F)c1. The first-order valence-electron chi connectivity index (χ1n) is 25.0. The second-order valence-electron chi connectivity index (χ2n) is 19.4. The molecule has 2 aliphatic rings. The number of benzene rings is 4. The van der Waals surface area contributed by atoms with E-state index < -0.39 is 46.8 Å². The zero-order valence-corrected chi connectivity index (χ0v) is 42.0. The van der Waals surface area contributed by atoms with Crippen LogP contribution in [-0.4, -0.2) is 53.3 Å². The van der Waals surface area contributed by atoms with Crippen molar-refractivity contribution in [1.29, 1.82) is 0 Å². The van der Waals surface area contributed by atoms with E-state index in [-0.39, 0.29) is 12.1 Å². The Bertz CT molecular complexity index is 2790. The summed E-state index contributed by atoms with van der Waals surface area (Å²) in [7, 11) is 0. The Labute approximate surface area is 429 Å². The Balaban J connectivity index is 0.000000200. The number of nitrogens with one attached hydrogen (secondary N) is 3. The molecule has 0 radical (unpaired) electrons. The molecule has 2 saturated heterocycles. The Morgan fingerprint density at radius 3 is 1.41 bits per heavy atom. The van der Waals surface area contributed by atoms with Crippen LogP contribution in [-0.2, 0) is 32.9 Å². The van der Waals surface area contributed by atoms with Crippen LogP contribution in [0.2, 0.25) is 0 Å². The van der Waals surface area contributed by atoms with Gasteiger partial charge in [0, 0.05) is 43.8 Å². The zero-order chi connectivity index (χ0) is 52.4. The minimum Gasteiger partial charge on any atom is -0.372 e. The molecule has 0 aliphatic carbocycles. The number of ether oxygens (including phenoxy) is 2. The number of hydrogen-bond donors (Lipinski definition) is 3. The molecule has 74 heavy (non-hydrogen) atoms. The smallest absolute Gasteiger partial charge is 0.372 e. The van der Waals surface area contributed by atoms with Gasteiger partial charge < -0.3 is 30.3 Å². The summed E-state index contributed by atoms with van der Waals surface area (Å²) in [5.74, 6) is 2.49. The Morgan fingerprint density at radius 1 is 0.568 bits per heavy atom. The Hall–Kier alpha value is -6.65. The van der Waals surface area contributed by atoms with Gasteiger partial charge in [0.05, 0.1) is 47.6 Å². The number of halogens is 6. The molecular weight excluding hydrogens is 953 g/mol. The molecular formula is C59H63F6N7O2. The van der Waals surface area contributed by atoms with Crippen molar-refractivity contribution in [2.45, 2.75) is 101 Å². The van der Waals surface area contributed by atoms with Gasteiger partial charge in [-0.15, -0.1) is 0 Å². The third-order valence-electron chi connectivity index (χ3n) is 14.0. The summed E-state index contributed by atoms with van der Waals surface area (Å²) in [6.07, 6.45) is -1.16. The minimum atomic E-state index is -4.40. The average Bonchev–Trinajstić information content (AvgIpc) is 3.41. The summed E-state index contributed by atoms with van der Waals surface area (Å²) >= 11 is 0. The molecule has 2 unspecified atom stereocenters.